The molecule has 6 heteroatoms. The van der Waals surface area contributed by atoms with Gasteiger partial charge in [-0.2, -0.15) is 0 Å². The number of thiophene rings is 1. The van der Waals surface area contributed by atoms with Gasteiger partial charge in [0.2, 0.25) is 5.91 Å². The summed E-state index contributed by atoms with van der Waals surface area (Å²) < 4.78 is 0. The van der Waals surface area contributed by atoms with E-state index in [4.69, 9.17) is 0 Å². The molecule has 1 aromatic rings. The SMILES string of the molecule is CC(C)C[C@H](NC(=O)CNC(=O)NC1CC1)c1cccs1. The van der Waals surface area contributed by atoms with Gasteiger partial charge in [0.15, 0.2) is 0 Å². The monoisotopic (exact) mass is 309 g/mol. The molecule has 3 N–H and O–H groups in total. The van der Waals surface area contributed by atoms with Crippen LogP contribution in [-0.4, -0.2) is 24.5 Å². The van der Waals surface area contributed by atoms with E-state index in [1.165, 1.54) is 0 Å². The molecule has 0 bridgehead atoms. The minimum atomic E-state index is -0.260. The van der Waals surface area contributed by atoms with Crippen molar-refractivity contribution in [1.29, 1.82) is 0 Å². The molecular weight excluding hydrogens is 286 g/mol. The van der Waals surface area contributed by atoms with E-state index >= 15 is 0 Å². The molecule has 5 nitrogen and oxygen atoms in total. The first kappa shape index (κ1) is 15.8. The summed E-state index contributed by atoms with van der Waals surface area (Å²) in [5, 5.41) is 10.4. The van der Waals surface area contributed by atoms with E-state index in [1.54, 1.807) is 11.3 Å². The molecule has 1 aliphatic rings. The lowest BCUT2D eigenvalue weighted by Gasteiger charge is -2.19. The Labute approximate surface area is 129 Å². The van der Waals surface area contributed by atoms with Gasteiger partial charge in [-0.25, -0.2) is 4.79 Å². The first-order valence-corrected chi connectivity index (χ1v) is 8.29. The summed E-state index contributed by atoms with van der Waals surface area (Å²) in [6, 6.07) is 4.08. The lowest BCUT2D eigenvalue weighted by atomic mass is 10.0. The van der Waals surface area contributed by atoms with Crippen LogP contribution >= 0.6 is 11.3 Å². The Hall–Kier alpha value is -1.56. The van der Waals surface area contributed by atoms with E-state index in [0.717, 1.165) is 24.1 Å². The van der Waals surface area contributed by atoms with Gasteiger partial charge in [0, 0.05) is 10.9 Å². The average Bonchev–Trinajstić information content (AvgIpc) is 3.06. The molecule has 116 valence electrons. The van der Waals surface area contributed by atoms with E-state index in [9.17, 15) is 9.59 Å². The van der Waals surface area contributed by atoms with Crippen LogP contribution in [-0.2, 0) is 4.79 Å². The number of urea groups is 1. The molecule has 1 fully saturated rings. The van der Waals surface area contributed by atoms with Crippen LogP contribution in [0, 0.1) is 5.92 Å². The van der Waals surface area contributed by atoms with Gasteiger partial charge >= 0.3 is 6.03 Å². The number of hydrogen-bond donors (Lipinski definition) is 3. The highest BCUT2D eigenvalue weighted by molar-refractivity contribution is 7.10. The maximum Gasteiger partial charge on any atom is 0.315 e. The zero-order chi connectivity index (χ0) is 15.2. The standard InChI is InChI=1S/C15H23N3O2S/c1-10(2)8-12(13-4-3-7-21-13)18-14(19)9-16-15(20)17-11-5-6-11/h3-4,7,10-12H,5-6,8-9H2,1-2H3,(H,18,19)(H2,16,17,20)/t12-/m0/s1. The largest absolute Gasteiger partial charge is 0.347 e. The topological polar surface area (TPSA) is 70.2 Å². The molecule has 0 radical (unpaired) electrons. The fourth-order valence-electron chi connectivity index (χ4n) is 2.08. The number of amides is 3. The van der Waals surface area contributed by atoms with Gasteiger partial charge in [0.05, 0.1) is 12.6 Å². The summed E-state index contributed by atoms with van der Waals surface area (Å²) in [6.07, 6.45) is 2.96. The molecular formula is C15H23N3O2S. The maximum absolute atomic E-state index is 12.0. The van der Waals surface area contributed by atoms with Gasteiger partial charge in [-0.3, -0.25) is 4.79 Å². The quantitative estimate of drug-likeness (QED) is 0.724. The molecule has 1 aromatic heterocycles. The second-order valence-corrected chi connectivity index (χ2v) is 6.85. The number of rotatable bonds is 7. The molecule has 0 aromatic carbocycles. The zero-order valence-electron chi connectivity index (χ0n) is 12.5. The minimum absolute atomic E-state index is 0.0124. The highest BCUT2D eigenvalue weighted by Gasteiger charge is 2.23. The number of hydrogen-bond acceptors (Lipinski definition) is 3. The van der Waals surface area contributed by atoms with Crippen molar-refractivity contribution in [1.82, 2.24) is 16.0 Å². The van der Waals surface area contributed by atoms with Crippen LogP contribution in [0.15, 0.2) is 17.5 Å². The number of carbonyl (C=O) groups is 2. The van der Waals surface area contributed by atoms with Crippen molar-refractivity contribution in [3.8, 4) is 0 Å². The lowest BCUT2D eigenvalue weighted by molar-refractivity contribution is -0.120. The maximum atomic E-state index is 12.0. The van der Waals surface area contributed by atoms with Gasteiger partial charge in [-0.05, 0) is 36.6 Å². The van der Waals surface area contributed by atoms with Crippen LogP contribution in [0.25, 0.3) is 0 Å². The smallest absolute Gasteiger partial charge is 0.315 e. The summed E-state index contributed by atoms with van der Waals surface area (Å²) in [4.78, 5) is 24.6. The van der Waals surface area contributed by atoms with Crippen LogP contribution in [0.3, 0.4) is 0 Å². The Bertz CT molecular complexity index is 469. The third kappa shape index (κ3) is 5.75. The van der Waals surface area contributed by atoms with E-state index in [2.05, 4.69) is 29.8 Å². The Morgan fingerprint density at radius 1 is 1.38 bits per heavy atom. The predicted octanol–water partition coefficient (Wildman–Crippen LogP) is 2.41. The Morgan fingerprint density at radius 2 is 2.14 bits per heavy atom. The first-order valence-electron chi connectivity index (χ1n) is 7.41. The molecule has 1 aliphatic carbocycles. The molecule has 21 heavy (non-hydrogen) atoms. The van der Waals surface area contributed by atoms with Gasteiger partial charge in [0.1, 0.15) is 0 Å². The molecule has 3 amide bonds. The summed E-state index contributed by atoms with van der Waals surface area (Å²) in [7, 11) is 0. The van der Waals surface area contributed by atoms with Crippen LogP contribution in [0.4, 0.5) is 4.79 Å². The van der Waals surface area contributed by atoms with Crippen molar-refractivity contribution in [3.63, 3.8) is 0 Å². The molecule has 1 heterocycles. The zero-order valence-corrected chi connectivity index (χ0v) is 13.3. The summed E-state index contributed by atoms with van der Waals surface area (Å²) in [5.74, 6) is 0.337. The summed E-state index contributed by atoms with van der Waals surface area (Å²) in [5.41, 5.74) is 0. The second-order valence-electron chi connectivity index (χ2n) is 5.87. The Morgan fingerprint density at radius 3 is 2.71 bits per heavy atom. The average molecular weight is 309 g/mol. The predicted molar refractivity (Wildman–Crippen MR) is 84.2 cm³/mol. The van der Waals surface area contributed by atoms with Crippen molar-refractivity contribution in [2.75, 3.05) is 6.54 Å². The number of carbonyl (C=O) groups excluding carboxylic acids is 2. The molecule has 1 atom stereocenters. The van der Waals surface area contributed by atoms with Crippen molar-refractivity contribution in [2.45, 2.75) is 45.2 Å². The number of nitrogens with one attached hydrogen (secondary N) is 3. The minimum Gasteiger partial charge on any atom is -0.347 e. The highest BCUT2D eigenvalue weighted by Crippen LogP contribution is 2.25. The van der Waals surface area contributed by atoms with E-state index < -0.39 is 0 Å². The fourth-order valence-corrected chi connectivity index (χ4v) is 2.87. The van der Waals surface area contributed by atoms with Crippen molar-refractivity contribution >= 4 is 23.3 Å². The molecule has 0 saturated heterocycles. The van der Waals surface area contributed by atoms with E-state index in [1.807, 2.05) is 17.5 Å². The molecule has 0 unspecified atom stereocenters. The van der Waals surface area contributed by atoms with Crippen molar-refractivity contribution < 1.29 is 9.59 Å². The molecule has 0 aliphatic heterocycles. The van der Waals surface area contributed by atoms with Gasteiger partial charge < -0.3 is 16.0 Å². The Balaban J connectivity index is 1.78. The normalized spacial score (nSPS) is 15.6. The fraction of sp³-hybridized carbons (Fsp3) is 0.600. The molecule has 0 spiro atoms. The summed E-state index contributed by atoms with van der Waals surface area (Å²) in [6.45, 7) is 4.28. The van der Waals surface area contributed by atoms with Crippen molar-refractivity contribution in [3.05, 3.63) is 22.4 Å². The van der Waals surface area contributed by atoms with Gasteiger partial charge in [-0.15, -0.1) is 11.3 Å². The van der Waals surface area contributed by atoms with Crippen LogP contribution in [0.5, 0.6) is 0 Å². The van der Waals surface area contributed by atoms with Crippen molar-refractivity contribution in [2.24, 2.45) is 5.92 Å². The molecule has 1 saturated carbocycles. The summed E-state index contributed by atoms with van der Waals surface area (Å²) >= 11 is 1.64. The van der Waals surface area contributed by atoms with Crippen LogP contribution in [0.1, 0.15) is 44.0 Å². The highest BCUT2D eigenvalue weighted by atomic mass is 32.1. The van der Waals surface area contributed by atoms with E-state index in [-0.39, 0.29) is 24.5 Å². The van der Waals surface area contributed by atoms with E-state index in [0.29, 0.717) is 12.0 Å². The van der Waals surface area contributed by atoms with Crippen LogP contribution in [0.2, 0.25) is 0 Å². The Kier molecular flexibility index (Phi) is 5.61. The third-order valence-corrected chi connectivity index (χ3v) is 4.24. The second kappa shape index (κ2) is 7.45. The first-order chi connectivity index (χ1) is 10.0. The van der Waals surface area contributed by atoms with Crippen LogP contribution < -0.4 is 16.0 Å². The third-order valence-electron chi connectivity index (χ3n) is 3.25. The molecule has 2 rings (SSSR count). The lowest BCUT2D eigenvalue weighted by Crippen LogP contribution is -2.43. The van der Waals surface area contributed by atoms with Gasteiger partial charge in [0.25, 0.3) is 0 Å². The van der Waals surface area contributed by atoms with Gasteiger partial charge in [-0.1, -0.05) is 19.9 Å².